The van der Waals surface area contributed by atoms with Crippen molar-refractivity contribution in [2.75, 3.05) is 12.9 Å². The van der Waals surface area contributed by atoms with E-state index in [-0.39, 0.29) is 11.5 Å². The van der Waals surface area contributed by atoms with Crippen LogP contribution in [0, 0.1) is 0 Å². The predicted octanol–water partition coefficient (Wildman–Crippen LogP) is 4.57. The molecule has 0 bridgehead atoms. The van der Waals surface area contributed by atoms with Gasteiger partial charge in [-0.1, -0.05) is 78.9 Å². The zero-order chi connectivity index (χ0) is 26.8. The summed E-state index contributed by atoms with van der Waals surface area (Å²) in [6.45, 7) is 0.575. The molecule has 0 aromatic heterocycles. The standard InChI is InChI=1S/C29H32O7S2/c1-33-29-28(35-20-23-13-7-3-8-14-23)27(34-19-22-11-5-2-6-12-22)26(30)25(36-29)21-37-17-18-38(31,32)24-15-9-4-10-16-24/h2-18,25-30H,19-21H2,1H3/b18-17+/t25-,26-,27+,28-,29+/m1/s1. The van der Waals surface area contributed by atoms with Crippen LogP contribution >= 0.6 is 11.8 Å². The van der Waals surface area contributed by atoms with E-state index in [1.54, 1.807) is 30.3 Å². The van der Waals surface area contributed by atoms with Gasteiger partial charge in [-0.2, -0.15) is 0 Å². The molecule has 7 nitrogen and oxygen atoms in total. The van der Waals surface area contributed by atoms with Gasteiger partial charge in [0, 0.05) is 18.3 Å². The number of benzene rings is 3. The van der Waals surface area contributed by atoms with E-state index in [9.17, 15) is 13.5 Å². The summed E-state index contributed by atoms with van der Waals surface area (Å²) in [6.07, 6.45) is -3.91. The van der Waals surface area contributed by atoms with Crippen LogP contribution in [0.3, 0.4) is 0 Å². The van der Waals surface area contributed by atoms with E-state index in [1.807, 2.05) is 60.7 Å². The fraction of sp³-hybridized carbons (Fsp3) is 0.310. The van der Waals surface area contributed by atoms with Gasteiger partial charge in [-0.25, -0.2) is 8.42 Å². The lowest BCUT2D eigenvalue weighted by atomic mass is 9.99. The fourth-order valence-corrected chi connectivity index (χ4v) is 6.24. The maximum absolute atomic E-state index is 12.5. The average molecular weight is 557 g/mol. The van der Waals surface area contributed by atoms with Crippen molar-refractivity contribution in [3.8, 4) is 0 Å². The molecule has 1 N–H and O–H groups in total. The molecular weight excluding hydrogens is 524 g/mol. The zero-order valence-electron chi connectivity index (χ0n) is 21.0. The minimum Gasteiger partial charge on any atom is -0.388 e. The number of hydrogen-bond donors (Lipinski definition) is 1. The molecule has 0 radical (unpaired) electrons. The van der Waals surface area contributed by atoms with Crippen LogP contribution in [0.4, 0.5) is 0 Å². The number of thioether (sulfide) groups is 1. The van der Waals surface area contributed by atoms with E-state index >= 15 is 0 Å². The lowest BCUT2D eigenvalue weighted by Crippen LogP contribution is -2.60. The Kier molecular flexibility index (Phi) is 10.5. The van der Waals surface area contributed by atoms with Gasteiger partial charge in [0.2, 0.25) is 0 Å². The normalized spacial score (nSPS) is 24.0. The van der Waals surface area contributed by atoms with Gasteiger partial charge in [-0.15, -0.1) is 11.8 Å². The smallest absolute Gasteiger partial charge is 0.200 e. The van der Waals surface area contributed by atoms with E-state index < -0.39 is 40.5 Å². The van der Waals surface area contributed by atoms with Crippen molar-refractivity contribution in [1.82, 2.24) is 0 Å². The maximum Gasteiger partial charge on any atom is 0.200 e. The van der Waals surface area contributed by atoms with Gasteiger partial charge in [-0.05, 0) is 28.7 Å². The Bertz CT molecular complexity index is 1240. The third-order valence-electron chi connectivity index (χ3n) is 6.08. The molecule has 0 saturated carbocycles. The zero-order valence-corrected chi connectivity index (χ0v) is 22.7. The Labute approximate surface area is 228 Å². The van der Waals surface area contributed by atoms with Crippen LogP contribution in [-0.4, -0.2) is 57.1 Å². The van der Waals surface area contributed by atoms with Crippen molar-refractivity contribution in [3.05, 3.63) is 113 Å². The van der Waals surface area contributed by atoms with Gasteiger partial charge in [-0.3, -0.25) is 0 Å². The van der Waals surface area contributed by atoms with Crippen molar-refractivity contribution in [3.63, 3.8) is 0 Å². The first-order valence-electron chi connectivity index (χ1n) is 12.2. The summed E-state index contributed by atoms with van der Waals surface area (Å²) >= 11 is 1.23. The molecule has 1 aliphatic rings. The van der Waals surface area contributed by atoms with Crippen LogP contribution in [0.15, 0.2) is 107 Å². The molecule has 1 fully saturated rings. The molecule has 4 rings (SSSR count). The van der Waals surface area contributed by atoms with E-state index in [1.165, 1.54) is 24.3 Å². The summed E-state index contributed by atoms with van der Waals surface area (Å²) in [6, 6.07) is 27.6. The highest BCUT2D eigenvalue weighted by molar-refractivity contribution is 8.03. The number of rotatable bonds is 12. The summed E-state index contributed by atoms with van der Waals surface area (Å²) < 4.78 is 49.1. The second-order valence-electron chi connectivity index (χ2n) is 8.76. The van der Waals surface area contributed by atoms with Gasteiger partial charge in [0.15, 0.2) is 16.1 Å². The van der Waals surface area contributed by atoms with Gasteiger partial charge in [0.25, 0.3) is 0 Å². The average Bonchev–Trinajstić information content (AvgIpc) is 2.96. The number of methoxy groups -OCH3 is 1. The van der Waals surface area contributed by atoms with Gasteiger partial charge < -0.3 is 24.1 Å². The second-order valence-corrected chi connectivity index (χ2v) is 11.5. The Morgan fingerprint density at radius 1 is 0.842 bits per heavy atom. The van der Waals surface area contributed by atoms with Crippen LogP contribution < -0.4 is 0 Å². The molecule has 38 heavy (non-hydrogen) atoms. The monoisotopic (exact) mass is 556 g/mol. The number of aliphatic hydroxyl groups is 1. The first-order chi connectivity index (χ1) is 18.5. The van der Waals surface area contributed by atoms with Crippen molar-refractivity contribution >= 4 is 21.6 Å². The van der Waals surface area contributed by atoms with Crippen molar-refractivity contribution in [2.24, 2.45) is 0 Å². The first-order valence-corrected chi connectivity index (χ1v) is 14.8. The summed E-state index contributed by atoms with van der Waals surface area (Å²) in [5.41, 5.74) is 1.93. The highest BCUT2D eigenvalue weighted by Gasteiger charge is 2.47. The molecule has 0 amide bonds. The molecule has 0 unspecified atom stereocenters. The third-order valence-corrected chi connectivity index (χ3v) is 8.53. The van der Waals surface area contributed by atoms with Gasteiger partial charge in [0.05, 0.1) is 24.2 Å². The Morgan fingerprint density at radius 2 is 1.37 bits per heavy atom. The fourth-order valence-electron chi connectivity index (χ4n) is 4.07. The lowest BCUT2D eigenvalue weighted by Gasteiger charge is -2.43. The first kappa shape index (κ1) is 28.5. The van der Waals surface area contributed by atoms with Crippen LogP contribution in [-0.2, 0) is 42.0 Å². The molecule has 1 aliphatic heterocycles. The SMILES string of the molecule is CO[C@H]1O[C@H](CS/C=C/S(=O)(=O)c2ccccc2)[C@@H](O)[C@H](OCc2ccccc2)[C@H]1OCc1ccccc1. The van der Waals surface area contributed by atoms with Crippen LogP contribution in [0.25, 0.3) is 0 Å². The molecule has 9 heteroatoms. The molecule has 0 spiro atoms. The Morgan fingerprint density at radius 3 is 1.92 bits per heavy atom. The maximum atomic E-state index is 12.5. The summed E-state index contributed by atoms with van der Waals surface area (Å²) in [5.74, 6) is 0.290. The number of aliphatic hydroxyl groups excluding tert-OH is 1. The third kappa shape index (κ3) is 7.77. The van der Waals surface area contributed by atoms with Gasteiger partial charge in [0.1, 0.15) is 18.3 Å². The molecule has 1 heterocycles. The quantitative estimate of drug-likeness (QED) is 0.347. The molecule has 0 aliphatic carbocycles. The van der Waals surface area contributed by atoms with Crippen molar-refractivity contribution in [1.29, 1.82) is 0 Å². The van der Waals surface area contributed by atoms with E-state index in [2.05, 4.69) is 0 Å². The van der Waals surface area contributed by atoms with Crippen molar-refractivity contribution < 1.29 is 32.5 Å². The van der Waals surface area contributed by atoms with Crippen LogP contribution in [0.5, 0.6) is 0 Å². The Hall–Kier alpha value is -2.50. The second kappa shape index (κ2) is 14.0. The highest BCUT2D eigenvalue weighted by atomic mass is 32.2. The highest BCUT2D eigenvalue weighted by Crippen LogP contribution is 2.30. The van der Waals surface area contributed by atoms with Gasteiger partial charge >= 0.3 is 0 Å². The van der Waals surface area contributed by atoms with Crippen LogP contribution in [0.1, 0.15) is 11.1 Å². The molecule has 5 atom stereocenters. The van der Waals surface area contributed by atoms with E-state index in [0.717, 1.165) is 16.5 Å². The summed E-state index contributed by atoms with van der Waals surface area (Å²) in [4.78, 5) is 0.220. The molecule has 3 aromatic rings. The Balaban J connectivity index is 1.45. The minimum absolute atomic E-state index is 0.220. The molecule has 1 saturated heterocycles. The lowest BCUT2D eigenvalue weighted by molar-refractivity contribution is -0.306. The number of sulfone groups is 1. The van der Waals surface area contributed by atoms with E-state index in [0.29, 0.717) is 12.4 Å². The predicted molar refractivity (Wildman–Crippen MR) is 147 cm³/mol. The van der Waals surface area contributed by atoms with Crippen LogP contribution in [0.2, 0.25) is 0 Å². The molecule has 3 aromatic carbocycles. The number of hydrogen-bond acceptors (Lipinski definition) is 8. The number of ether oxygens (including phenoxy) is 4. The van der Waals surface area contributed by atoms with Crippen molar-refractivity contribution in [2.45, 2.75) is 48.8 Å². The molecule has 202 valence electrons. The largest absolute Gasteiger partial charge is 0.388 e. The summed E-state index contributed by atoms with van der Waals surface area (Å²) in [5, 5.41) is 13.9. The summed E-state index contributed by atoms with van der Waals surface area (Å²) in [7, 11) is -2.04. The molecular formula is C29H32O7S2. The minimum atomic E-state index is -3.56. The van der Waals surface area contributed by atoms with E-state index in [4.69, 9.17) is 18.9 Å². The topological polar surface area (TPSA) is 91.3 Å².